The number of likely N-dealkylation sites (N-methyl/N-ethyl adjacent to an activating group) is 1. The lowest BCUT2D eigenvalue weighted by molar-refractivity contribution is -0.123. The topological polar surface area (TPSA) is 40.6 Å². The molecule has 7 heteroatoms. The van der Waals surface area contributed by atoms with Crippen molar-refractivity contribution in [2.45, 2.75) is 30.4 Å². The van der Waals surface area contributed by atoms with E-state index in [1.807, 2.05) is 20.8 Å². The highest BCUT2D eigenvalue weighted by molar-refractivity contribution is 8.02. The molecule has 0 aromatic heterocycles. The molecule has 0 radical (unpaired) electrons. The SMILES string of the molecule is CCN1C(=O)C2(SC(C)(C)CN2C(=O)c2cccc(F)c2)c2cc(F)ccc21. The number of nitrogens with zero attached hydrogens (tertiary/aromatic N) is 2. The van der Waals surface area contributed by atoms with Crippen molar-refractivity contribution < 1.29 is 18.4 Å². The van der Waals surface area contributed by atoms with Gasteiger partial charge in [0.05, 0.1) is 5.69 Å². The van der Waals surface area contributed by atoms with Gasteiger partial charge in [-0.3, -0.25) is 9.59 Å². The van der Waals surface area contributed by atoms with Crippen LogP contribution in [-0.4, -0.2) is 34.6 Å². The van der Waals surface area contributed by atoms with Crippen LogP contribution in [0.5, 0.6) is 0 Å². The van der Waals surface area contributed by atoms with E-state index in [2.05, 4.69) is 0 Å². The van der Waals surface area contributed by atoms with Crippen LogP contribution in [0.1, 0.15) is 36.7 Å². The van der Waals surface area contributed by atoms with Crippen LogP contribution in [-0.2, 0) is 9.67 Å². The molecule has 1 atom stereocenters. The lowest BCUT2D eigenvalue weighted by atomic mass is 10.0. The van der Waals surface area contributed by atoms with E-state index in [1.54, 1.807) is 11.0 Å². The second-order valence-corrected chi connectivity index (χ2v) is 9.52. The normalized spacial score (nSPS) is 22.8. The number of anilines is 1. The molecule has 2 aromatic rings. The van der Waals surface area contributed by atoms with E-state index in [-0.39, 0.29) is 18.0 Å². The molecule has 2 aromatic carbocycles. The Labute approximate surface area is 166 Å². The van der Waals surface area contributed by atoms with Crippen LogP contribution in [0.25, 0.3) is 0 Å². The third kappa shape index (κ3) is 2.64. The van der Waals surface area contributed by atoms with Gasteiger partial charge < -0.3 is 9.80 Å². The van der Waals surface area contributed by atoms with Gasteiger partial charge in [0.1, 0.15) is 11.6 Å². The van der Waals surface area contributed by atoms with Gasteiger partial charge in [-0.1, -0.05) is 6.07 Å². The number of amides is 2. The number of halogens is 2. The number of hydrogen-bond donors (Lipinski definition) is 0. The Kier molecular flexibility index (Phi) is 4.26. The van der Waals surface area contributed by atoms with Gasteiger partial charge in [-0.15, -0.1) is 11.8 Å². The summed E-state index contributed by atoms with van der Waals surface area (Å²) in [6.07, 6.45) is 0. The Morgan fingerprint density at radius 3 is 2.54 bits per heavy atom. The number of benzene rings is 2. The second kappa shape index (κ2) is 6.30. The molecule has 0 N–H and O–H groups in total. The Morgan fingerprint density at radius 1 is 1.14 bits per heavy atom. The number of thioether (sulfide) groups is 1. The minimum Gasteiger partial charge on any atom is -0.310 e. The zero-order chi connectivity index (χ0) is 20.3. The van der Waals surface area contributed by atoms with E-state index in [1.165, 1.54) is 47.0 Å². The van der Waals surface area contributed by atoms with Crippen LogP contribution in [0.4, 0.5) is 14.5 Å². The van der Waals surface area contributed by atoms with E-state index < -0.39 is 27.2 Å². The Hall–Kier alpha value is -2.41. The summed E-state index contributed by atoms with van der Waals surface area (Å²) in [6, 6.07) is 9.65. The first-order valence-corrected chi connectivity index (χ1v) is 9.91. The van der Waals surface area contributed by atoms with Gasteiger partial charge in [0.15, 0.2) is 4.87 Å². The van der Waals surface area contributed by atoms with Gasteiger partial charge in [0.25, 0.3) is 11.8 Å². The first-order chi connectivity index (χ1) is 13.2. The molecule has 2 aliphatic heterocycles. The van der Waals surface area contributed by atoms with Crippen LogP contribution in [0.2, 0.25) is 0 Å². The molecular weight excluding hydrogens is 382 g/mol. The van der Waals surface area contributed by atoms with Gasteiger partial charge >= 0.3 is 0 Å². The lowest BCUT2D eigenvalue weighted by Gasteiger charge is -2.33. The first kappa shape index (κ1) is 18.9. The largest absolute Gasteiger partial charge is 0.310 e. The summed E-state index contributed by atoms with van der Waals surface area (Å²) >= 11 is 1.35. The standard InChI is InChI=1S/C21H20F2N2O2S/c1-4-24-17-9-8-15(23)11-16(17)21(19(24)27)25(12-20(2,3)28-21)18(26)13-6-5-7-14(22)10-13/h5-11H,4,12H2,1-3H3. The van der Waals surface area contributed by atoms with Crippen molar-refractivity contribution in [1.82, 2.24) is 4.90 Å². The maximum absolute atomic E-state index is 14.2. The fraction of sp³-hybridized carbons (Fsp3) is 0.333. The minimum atomic E-state index is -1.36. The van der Waals surface area contributed by atoms with E-state index in [0.717, 1.165) is 6.07 Å². The Balaban J connectivity index is 1.92. The van der Waals surface area contributed by atoms with Gasteiger partial charge in [0, 0.05) is 29.0 Å². The molecule has 1 unspecified atom stereocenters. The fourth-order valence-electron chi connectivity index (χ4n) is 4.07. The first-order valence-electron chi connectivity index (χ1n) is 9.09. The predicted molar refractivity (Wildman–Crippen MR) is 105 cm³/mol. The smallest absolute Gasteiger partial charge is 0.268 e. The van der Waals surface area contributed by atoms with Crippen LogP contribution in [0, 0.1) is 11.6 Å². The van der Waals surface area contributed by atoms with E-state index in [0.29, 0.717) is 17.8 Å². The second-order valence-electron chi connectivity index (χ2n) is 7.62. The third-order valence-corrected chi connectivity index (χ3v) is 6.72. The van der Waals surface area contributed by atoms with Gasteiger partial charge in [-0.2, -0.15) is 0 Å². The van der Waals surface area contributed by atoms with Crippen LogP contribution in [0.3, 0.4) is 0 Å². The monoisotopic (exact) mass is 402 g/mol. The van der Waals surface area contributed by atoms with Crippen LogP contribution < -0.4 is 4.90 Å². The van der Waals surface area contributed by atoms with Gasteiger partial charge in [-0.05, 0) is 57.2 Å². The molecule has 146 valence electrons. The zero-order valence-electron chi connectivity index (χ0n) is 15.8. The molecule has 28 heavy (non-hydrogen) atoms. The molecule has 2 heterocycles. The Morgan fingerprint density at radius 2 is 1.86 bits per heavy atom. The van der Waals surface area contributed by atoms with Crippen molar-refractivity contribution in [3.63, 3.8) is 0 Å². The highest BCUT2D eigenvalue weighted by Gasteiger charge is 2.63. The average molecular weight is 402 g/mol. The van der Waals surface area contributed by atoms with Crippen molar-refractivity contribution in [3.8, 4) is 0 Å². The van der Waals surface area contributed by atoms with Crippen LogP contribution in [0.15, 0.2) is 42.5 Å². The number of rotatable bonds is 2. The molecule has 2 aliphatic rings. The van der Waals surface area contributed by atoms with E-state index in [4.69, 9.17) is 0 Å². The van der Waals surface area contributed by atoms with Crippen molar-refractivity contribution in [3.05, 3.63) is 65.2 Å². The summed E-state index contributed by atoms with van der Waals surface area (Å²) < 4.78 is 27.4. The van der Waals surface area contributed by atoms with Gasteiger partial charge in [-0.25, -0.2) is 8.78 Å². The molecular formula is C21H20F2N2O2S. The van der Waals surface area contributed by atoms with Crippen molar-refractivity contribution >= 4 is 29.3 Å². The molecule has 0 bridgehead atoms. The minimum absolute atomic E-state index is 0.165. The summed E-state index contributed by atoms with van der Waals surface area (Å²) in [5, 5.41) is 0. The van der Waals surface area contributed by atoms with Crippen molar-refractivity contribution in [2.75, 3.05) is 18.0 Å². The molecule has 4 rings (SSSR count). The third-order valence-electron chi connectivity index (χ3n) is 5.13. The number of fused-ring (bicyclic) bond motifs is 2. The maximum atomic E-state index is 14.2. The van der Waals surface area contributed by atoms with Crippen molar-refractivity contribution in [1.29, 1.82) is 0 Å². The molecule has 2 amide bonds. The fourth-order valence-corrected chi connectivity index (χ4v) is 5.79. The molecule has 1 saturated heterocycles. The summed E-state index contributed by atoms with van der Waals surface area (Å²) in [5.74, 6) is -1.70. The number of carbonyl (C=O) groups excluding carboxylic acids is 2. The summed E-state index contributed by atoms with van der Waals surface area (Å²) in [6.45, 7) is 6.42. The maximum Gasteiger partial charge on any atom is 0.268 e. The summed E-state index contributed by atoms with van der Waals surface area (Å²) in [7, 11) is 0. The van der Waals surface area contributed by atoms with E-state index in [9.17, 15) is 18.4 Å². The highest BCUT2D eigenvalue weighted by Crippen LogP contribution is 2.59. The Bertz CT molecular complexity index is 994. The zero-order valence-corrected chi connectivity index (χ0v) is 16.6. The van der Waals surface area contributed by atoms with E-state index >= 15 is 0 Å². The summed E-state index contributed by atoms with van der Waals surface area (Å²) in [4.78, 5) is 28.6. The molecule has 1 fully saturated rings. The van der Waals surface area contributed by atoms with Crippen LogP contribution >= 0.6 is 11.8 Å². The molecule has 0 saturated carbocycles. The molecule has 4 nitrogen and oxygen atoms in total. The number of carbonyl (C=O) groups is 2. The lowest BCUT2D eigenvalue weighted by Crippen LogP contribution is -2.50. The molecule has 1 spiro atoms. The predicted octanol–water partition coefficient (Wildman–Crippen LogP) is 4.15. The van der Waals surface area contributed by atoms with Crippen molar-refractivity contribution in [2.24, 2.45) is 0 Å². The summed E-state index contributed by atoms with van der Waals surface area (Å²) in [5.41, 5.74) is 1.24. The highest BCUT2D eigenvalue weighted by atomic mass is 32.2. The molecule has 0 aliphatic carbocycles. The number of hydrogen-bond acceptors (Lipinski definition) is 3. The quantitative estimate of drug-likeness (QED) is 0.758. The average Bonchev–Trinajstić information content (AvgIpc) is 3.06. The van der Waals surface area contributed by atoms with Gasteiger partial charge in [0.2, 0.25) is 0 Å².